The number of halogens is 1. The van der Waals surface area contributed by atoms with Crippen LogP contribution < -0.4 is 5.73 Å². The molecule has 0 saturated carbocycles. The number of phenolic OH excluding ortho intramolecular Hbond substituents is 2. The highest BCUT2D eigenvalue weighted by Crippen LogP contribution is 2.37. The normalized spacial score (nSPS) is 10.5. The molecule has 78 valence electrons. The Morgan fingerprint density at radius 1 is 1.27 bits per heavy atom. The van der Waals surface area contributed by atoms with E-state index in [1.54, 1.807) is 0 Å². The van der Waals surface area contributed by atoms with E-state index in [1.165, 1.54) is 12.1 Å². The number of benzene rings is 1. The first-order valence-corrected chi connectivity index (χ1v) is 4.02. The zero-order valence-electron chi connectivity index (χ0n) is 7.44. The lowest BCUT2D eigenvalue weighted by Crippen LogP contribution is -1.83. The summed E-state index contributed by atoms with van der Waals surface area (Å²) in [5.74, 6) is -2.27. The third-order valence-electron chi connectivity index (χ3n) is 1.91. The van der Waals surface area contributed by atoms with Gasteiger partial charge in [0.25, 0.3) is 0 Å². The highest BCUT2D eigenvalue weighted by molar-refractivity contribution is 5.71. The zero-order chi connectivity index (χ0) is 11.0. The summed E-state index contributed by atoms with van der Waals surface area (Å²) in [6, 6.07) is 3.63. The summed E-state index contributed by atoms with van der Waals surface area (Å²) in [4.78, 5) is 0. The Kier molecular flexibility index (Phi) is 1.96. The number of hydrogen-bond acceptors (Lipinski definition) is 5. The van der Waals surface area contributed by atoms with E-state index >= 15 is 0 Å². The van der Waals surface area contributed by atoms with Crippen molar-refractivity contribution < 1.29 is 19.1 Å². The van der Waals surface area contributed by atoms with Gasteiger partial charge in [0.2, 0.25) is 5.88 Å². The molecule has 5 nitrogen and oxygen atoms in total. The molecule has 0 amide bonds. The second kappa shape index (κ2) is 3.16. The van der Waals surface area contributed by atoms with Crippen molar-refractivity contribution in [3.63, 3.8) is 0 Å². The number of aromatic hydroxyl groups is 2. The predicted molar refractivity (Wildman–Crippen MR) is 49.6 cm³/mol. The van der Waals surface area contributed by atoms with Gasteiger partial charge in [0.05, 0.1) is 0 Å². The number of hydrogen-bond donors (Lipinski definition) is 3. The summed E-state index contributed by atoms with van der Waals surface area (Å²) in [5, 5.41) is 22.1. The minimum atomic E-state index is -0.910. The first kappa shape index (κ1) is 9.32. The number of nitrogens with two attached hydrogens (primary N) is 1. The van der Waals surface area contributed by atoms with Crippen LogP contribution in [0.2, 0.25) is 0 Å². The Balaban J connectivity index is 2.59. The Morgan fingerprint density at radius 3 is 2.60 bits per heavy atom. The van der Waals surface area contributed by atoms with Gasteiger partial charge in [0, 0.05) is 11.6 Å². The molecule has 0 radical (unpaired) electrons. The largest absolute Gasteiger partial charge is 0.504 e. The Labute approximate surface area is 83.5 Å². The van der Waals surface area contributed by atoms with Crippen LogP contribution in [0.1, 0.15) is 0 Å². The Hall–Kier alpha value is -2.24. The van der Waals surface area contributed by atoms with Gasteiger partial charge < -0.3 is 20.5 Å². The molecule has 0 bridgehead atoms. The van der Waals surface area contributed by atoms with Gasteiger partial charge in [-0.05, 0) is 12.1 Å². The van der Waals surface area contributed by atoms with Crippen LogP contribution in [0.5, 0.6) is 11.5 Å². The molecule has 0 aliphatic heterocycles. The summed E-state index contributed by atoms with van der Waals surface area (Å²) < 4.78 is 17.4. The molecule has 0 aliphatic carbocycles. The quantitative estimate of drug-likeness (QED) is 0.620. The van der Waals surface area contributed by atoms with Crippen LogP contribution in [0.4, 0.5) is 10.3 Å². The highest BCUT2D eigenvalue weighted by Gasteiger charge is 2.15. The average Bonchev–Trinajstić information content (AvgIpc) is 2.61. The van der Waals surface area contributed by atoms with E-state index in [-0.39, 0.29) is 17.1 Å². The number of rotatable bonds is 1. The zero-order valence-corrected chi connectivity index (χ0v) is 7.44. The lowest BCUT2D eigenvalue weighted by molar-refractivity contribution is 0.379. The van der Waals surface area contributed by atoms with Crippen LogP contribution in [-0.4, -0.2) is 15.4 Å². The SMILES string of the molecule is Nc1cc(-c2ccc(F)c(O)c2O)no1. The molecule has 2 aromatic rings. The second-order valence-corrected chi connectivity index (χ2v) is 2.91. The van der Waals surface area contributed by atoms with Crippen molar-refractivity contribution in [2.75, 3.05) is 5.73 Å². The van der Waals surface area contributed by atoms with Crippen LogP contribution in [0.3, 0.4) is 0 Å². The minimum Gasteiger partial charge on any atom is -0.504 e. The fourth-order valence-electron chi connectivity index (χ4n) is 1.18. The molecule has 0 atom stereocenters. The number of nitrogen functional groups attached to an aromatic ring is 1. The van der Waals surface area contributed by atoms with Gasteiger partial charge in [-0.3, -0.25) is 0 Å². The van der Waals surface area contributed by atoms with Gasteiger partial charge in [-0.2, -0.15) is 0 Å². The van der Waals surface area contributed by atoms with Crippen molar-refractivity contribution in [2.45, 2.75) is 0 Å². The summed E-state index contributed by atoms with van der Waals surface area (Å²) in [7, 11) is 0. The monoisotopic (exact) mass is 210 g/mol. The topological polar surface area (TPSA) is 92.5 Å². The molecular weight excluding hydrogens is 203 g/mol. The molecule has 2 rings (SSSR count). The van der Waals surface area contributed by atoms with Gasteiger partial charge in [-0.25, -0.2) is 4.39 Å². The Morgan fingerprint density at radius 2 is 2.00 bits per heavy atom. The van der Waals surface area contributed by atoms with Gasteiger partial charge in [0.1, 0.15) is 5.69 Å². The van der Waals surface area contributed by atoms with Crippen molar-refractivity contribution in [1.29, 1.82) is 0 Å². The number of anilines is 1. The standard InChI is InChI=1S/C9H7FN2O3/c10-5-2-1-4(8(13)9(5)14)6-3-7(11)15-12-6/h1-3,13-14H,11H2. The molecular formula is C9H7FN2O3. The molecule has 4 N–H and O–H groups in total. The van der Waals surface area contributed by atoms with Crippen molar-refractivity contribution >= 4 is 5.88 Å². The molecule has 0 fully saturated rings. The number of nitrogens with zero attached hydrogens (tertiary/aromatic N) is 1. The van der Waals surface area contributed by atoms with Gasteiger partial charge >= 0.3 is 0 Å². The summed E-state index contributed by atoms with van der Waals surface area (Å²) in [6.45, 7) is 0. The molecule has 1 heterocycles. The fourth-order valence-corrected chi connectivity index (χ4v) is 1.18. The van der Waals surface area contributed by atoms with E-state index in [9.17, 15) is 9.50 Å². The van der Waals surface area contributed by atoms with Gasteiger partial charge in [-0.15, -0.1) is 0 Å². The van der Waals surface area contributed by atoms with Crippen molar-refractivity contribution in [2.24, 2.45) is 0 Å². The molecule has 1 aromatic carbocycles. The van der Waals surface area contributed by atoms with Crippen LogP contribution in [-0.2, 0) is 0 Å². The first-order valence-electron chi connectivity index (χ1n) is 4.02. The second-order valence-electron chi connectivity index (χ2n) is 2.91. The van der Waals surface area contributed by atoms with Crippen LogP contribution in [0.25, 0.3) is 11.3 Å². The van der Waals surface area contributed by atoms with E-state index in [4.69, 9.17) is 10.8 Å². The maximum atomic E-state index is 12.8. The summed E-state index contributed by atoms with van der Waals surface area (Å²) in [6.07, 6.45) is 0. The van der Waals surface area contributed by atoms with E-state index in [0.717, 1.165) is 6.07 Å². The van der Waals surface area contributed by atoms with Crippen LogP contribution in [0, 0.1) is 5.82 Å². The molecule has 15 heavy (non-hydrogen) atoms. The van der Waals surface area contributed by atoms with Gasteiger partial charge in [-0.1, -0.05) is 5.16 Å². The maximum Gasteiger partial charge on any atom is 0.222 e. The first-order chi connectivity index (χ1) is 7.09. The lowest BCUT2D eigenvalue weighted by Gasteiger charge is -2.03. The van der Waals surface area contributed by atoms with Crippen LogP contribution >= 0.6 is 0 Å². The third-order valence-corrected chi connectivity index (χ3v) is 1.91. The minimum absolute atomic E-state index is 0.0632. The molecule has 0 unspecified atom stereocenters. The maximum absolute atomic E-state index is 12.8. The van der Waals surface area contributed by atoms with Gasteiger partial charge in [0.15, 0.2) is 17.3 Å². The van der Waals surface area contributed by atoms with Crippen molar-refractivity contribution in [3.8, 4) is 22.8 Å². The number of aromatic nitrogens is 1. The third kappa shape index (κ3) is 1.45. The van der Waals surface area contributed by atoms with E-state index in [1.807, 2.05) is 0 Å². The van der Waals surface area contributed by atoms with E-state index in [2.05, 4.69) is 9.68 Å². The van der Waals surface area contributed by atoms with E-state index < -0.39 is 17.3 Å². The van der Waals surface area contributed by atoms with Crippen molar-refractivity contribution in [1.82, 2.24) is 5.16 Å². The smallest absolute Gasteiger partial charge is 0.222 e. The molecule has 0 spiro atoms. The Bertz CT molecular complexity index is 510. The molecule has 1 aromatic heterocycles. The average molecular weight is 210 g/mol. The summed E-state index contributed by atoms with van der Waals surface area (Å²) >= 11 is 0. The van der Waals surface area contributed by atoms with E-state index in [0.29, 0.717) is 0 Å². The predicted octanol–water partition coefficient (Wildman–Crippen LogP) is 1.47. The fraction of sp³-hybridized carbons (Fsp3) is 0. The summed E-state index contributed by atoms with van der Waals surface area (Å²) in [5.41, 5.74) is 5.66. The highest BCUT2D eigenvalue weighted by atomic mass is 19.1. The number of phenols is 2. The molecule has 0 aliphatic rings. The van der Waals surface area contributed by atoms with Crippen LogP contribution in [0.15, 0.2) is 22.7 Å². The van der Waals surface area contributed by atoms with Crippen molar-refractivity contribution in [3.05, 3.63) is 24.0 Å². The lowest BCUT2D eigenvalue weighted by atomic mass is 10.1. The molecule has 0 saturated heterocycles. The molecule has 6 heteroatoms.